The van der Waals surface area contributed by atoms with Crippen molar-refractivity contribution in [2.45, 2.75) is 64.5 Å². The van der Waals surface area contributed by atoms with Crippen LogP contribution in [0, 0.1) is 5.92 Å². The molecule has 0 aliphatic carbocycles. The van der Waals surface area contributed by atoms with E-state index in [9.17, 15) is 34.2 Å². The van der Waals surface area contributed by atoms with Crippen LogP contribution in [0.15, 0.2) is 58.8 Å². The molecule has 2 aromatic rings. The molecule has 2 atom stereocenters. The van der Waals surface area contributed by atoms with Gasteiger partial charge in [-0.25, -0.2) is 9.59 Å². The lowest BCUT2D eigenvalue weighted by molar-refractivity contribution is -0.144. The van der Waals surface area contributed by atoms with Crippen molar-refractivity contribution < 1.29 is 67.3 Å². The van der Waals surface area contributed by atoms with Crippen LogP contribution in [0.2, 0.25) is 0 Å². The van der Waals surface area contributed by atoms with E-state index in [2.05, 4.69) is 31.5 Å². The Morgan fingerprint density at radius 2 is 1.11 bits per heavy atom. The molecule has 0 aromatic heterocycles. The van der Waals surface area contributed by atoms with E-state index < -0.39 is 35.6 Å². The minimum atomic E-state index is -1.47. The number of nitrogens with two attached hydrogens (primary N) is 1. The van der Waals surface area contributed by atoms with Gasteiger partial charge in [0.2, 0.25) is 11.8 Å². The molecule has 2 rings (SSSR count). The number of ether oxygens (including phenoxy) is 7. The van der Waals surface area contributed by atoms with E-state index in [-0.39, 0.29) is 50.5 Å². The summed E-state index contributed by atoms with van der Waals surface area (Å²) in [5.41, 5.74) is 6.99. The Balaban J connectivity index is 1.53. The molecule has 0 saturated carbocycles. The molecular formula is C43H67N7O14. The Morgan fingerprint density at radius 3 is 1.58 bits per heavy atom. The Hall–Kier alpha value is -5.29. The maximum Gasteiger partial charge on any atom is 0.408 e. The highest BCUT2D eigenvalue weighted by Gasteiger charge is 2.30. The molecule has 0 spiro atoms. The number of aliphatic carboxylic acids is 2. The number of nitrogens with zero attached hydrogens (tertiary/aromatic N) is 2. The summed E-state index contributed by atoms with van der Waals surface area (Å²) >= 11 is 0. The van der Waals surface area contributed by atoms with Gasteiger partial charge in [-0.3, -0.25) is 14.4 Å². The van der Waals surface area contributed by atoms with Crippen LogP contribution in [0.5, 0.6) is 0 Å². The van der Waals surface area contributed by atoms with Crippen LogP contribution in [-0.2, 0) is 52.3 Å². The molecule has 64 heavy (non-hydrogen) atoms. The first-order chi connectivity index (χ1) is 30.8. The van der Waals surface area contributed by atoms with Crippen molar-refractivity contribution in [1.82, 2.24) is 10.6 Å². The predicted molar refractivity (Wildman–Crippen MR) is 236 cm³/mol. The number of carboxylic acid groups (broad SMARTS) is 2. The van der Waals surface area contributed by atoms with Crippen molar-refractivity contribution in [3.63, 3.8) is 0 Å². The lowest BCUT2D eigenvalue weighted by atomic mass is 9.94. The maximum atomic E-state index is 12.5. The van der Waals surface area contributed by atoms with Gasteiger partial charge < -0.3 is 70.4 Å². The molecule has 0 saturated heterocycles. The molecule has 0 heterocycles. The van der Waals surface area contributed by atoms with E-state index in [0.29, 0.717) is 109 Å². The van der Waals surface area contributed by atoms with Crippen molar-refractivity contribution >= 4 is 52.6 Å². The summed E-state index contributed by atoms with van der Waals surface area (Å²) in [5.74, 6) is -4.20. The fourth-order valence-corrected chi connectivity index (χ4v) is 5.35. The van der Waals surface area contributed by atoms with E-state index in [1.807, 2.05) is 12.1 Å². The lowest BCUT2D eigenvalue weighted by Gasteiger charge is -2.23. The number of rotatable bonds is 36. The zero-order valence-corrected chi connectivity index (χ0v) is 37.2. The summed E-state index contributed by atoms with van der Waals surface area (Å²) < 4.78 is 37.5. The third kappa shape index (κ3) is 28.4. The fraction of sp³-hybridized carbons (Fsp3) is 0.605. The largest absolute Gasteiger partial charge is 0.481 e. The molecule has 0 bridgehead atoms. The summed E-state index contributed by atoms with van der Waals surface area (Å²) in [7, 11) is 0. The van der Waals surface area contributed by atoms with Gasteiger partial charge >= 0.3 is 18.0 Å². The highest BCUT2D eigenvalue weighted by molar-refractivity contribution is 5.90. The summed E-state index contributed by atoms with van der Waals surface area (Å²) in [4.78, 5) is 60.2. The van der Waals surface area contributed by atoms with Gasteiger partial charge in [0.25, 0.3) is 0 Å². The molecule has 0 radical (unpaired) electrons. The number of amides is 3. The van der Waals surface area contributed by atoms with E-state index in [4.69, 9.17) is 38.9 Å². The second-order valence-corrected chi connectivity index (χ2v) is 15.0. The van der Waals surface area contributed by atoms with Crippen molar-refractivity contribution in [1.29, 1.82) is 0 Å². The van der Waals surface area contributed by atoms with Gasteiger partial charge in [-0.2, -0.15) is 10.2 Å². The molecule has 2 aromatic carbocycles. The molecule has 0 aliphatic heterocycles. The van der Waals surface area contributed by atoms with E-state index >= 15 is 0 Å². The first kappa shape index (κ1) is 54.8. The predicted octanol–water partition coefficient (Wildman–Crippen LogP) is 4.26. The van der Waals surface area contributed by atoms with Crippen molar-refractivity contribution in [3.8, 4) is 0 Å². The number of carbonyl (C=O) groups is 5. The van der Waals surface area contributed by atoms with E-state index in [0.717, 1.165) is 5.69 Å². The second-order valence-electron chi connectivity index (χ2n) is 15.0. The third-order valence-electron chi connectivity index (χ3n) is 8.49. The molecule has 8 N–H and O–H groups in total. The fourth-order valence-electron chi connectivity index (χ4n) is 5.35. The molecule has 0 aliphatic rings. The third-order valence-corrected chi connectivity index (χ3v) is 8.49. The van der Waals surface area contributed by atoms with Crippen LogP contribution >= 0.6 is 0 Å². The van der Waals surface area contributed by atoms with Gasteiger partial charge in [-0.15, -0.1) is 0 Å². The number of anilines is 2. The normalized spacial score (nSPS) is 12.4. The highest BCUT2D eigenvalue weighted by atomic mass is 16.6. The van der Waals surface area contributed by atoms with Gasteiger partial charge in [-0.05, 0) is 88.6 Å². The molecule has 21 nitrogen and oxygen atoms in total. The Bertz CT molecular complexity index is 1660. The van der Waals surface area contributed by atoms with Crippen molar-refractivity contribution in [2.24, 2.45) is 21.9 Å². The molecule has 2 unspecified atom stereocenters. The molecule has 3 amide bonds. The first-order valence-electron chi connectivity index (χ1n) is 21.3. The maximum absolute atomic E-state index is 12.5. The SMILES string of the molecule is CC(C)(C)OC(=O)NC(CC(CCCC(=O)Nc1ccc(/N=N/c2ccc(NCCNC(=O)CCOCCOCCOCCOCCOCCOCCN)cc2)cc1)C(=O)O)C(=O)O. The van der Waals surface area contributed by atoms with Gasteiger partial charge in [0.1, 0.15) is 11.6 Å². The lowest BCUT2D eigenvalue weighted by Crippen LogP contribution is -2.45. The minimum Gasteiger partial charge on any atom is -0.481 e. The van der Waals surface area contributed by atoms with E-state index in [1.54, 1.807) is 57.2 Å². The van der Waals surface area contributed by atoms with Crippen LogP contribution < -0.4 is 27.0 Å². The van der Waals surface area contributed by atoms with Gasteiger partial charge in [0, 0.05) is 43.9 Å². The Labute approximate surface area is 374 Å². The number of nitrogens with one attached hydrogen (secondary N) is 4. The van der Waals surface area contributed by atoms with Crippen LogP contribution in [0.3, 0.4) is 0 Å². The van der Waals surface area contributed by atoms with Gasteiger partial charge in [0.15, 0.2) is 0 Å². The van der Waals surface area contributed by atoms with Crippen LogP contribution in [-0.4, -0.2) is 151 Å². The number of carboxylic acids is 2. The zero-order valence-electron chi connectivity index (χ0n) is 37.2. The zero-order chi connectivity index (χ0) is 46.8. The topological polar surface area (TPSA) is 289 Å². The number of hydrogen-bond donors (Lipinski definition) is 7. The van der Waals surface area contributed by atoms with Crippen LogP contribution in [0.1, 0.15) is 52.9 Å². The standard InChI is InChI=1S/C43H67N7O14/c1-43(2,3)64-42(57)48-37(41(55)56)31-32(40(53)54)5-4-6-39(52)47-34-9-13-36(14-10-34)50-49-35-11-7-33(8-12-35)45-17-18-46-38(51)15-19-58-21-23-60-25-27-62-29-30-63-28-26-61-24-22-59-20-16-44/h7-14,32,37,45H,4-6,15-31,44H2,1-3H3,(H,46,51)(H,47,52)(H,48,57)(H,53,54)(H,55,56)/b50-49+. The number of hydrogen-bond acceptors (Lipinski definition) is 16. The number of benzene rings is 2. The van der Waals surface area contributed by atoms with Crippen molar-refractivity contribution in [2.75, 3.05) is 110 Å². The molecular weight excluding hydrogens is 839 g/mol. The molecule has 358 valence electrons. The van der Waals surface area contributed by atoms with Gasteiger partial charge in [-0.1, -0.05) is 0 Å². The number of carbonyl (C=O) groups excluding carboxylic acids is 3. The summed E-state index contributed by atoms with van der Waals surface area (Å²) in [6, 6.07) is 12.5. The number of azo groups is 1. The Morgan fingerprint density at radius 1 is 0.625 bits per heavy atom. The second kappa shape index (κ2) is 33.3. The monoisotopic (exact) mass is 905 g/mol. The first-order valence-corrected chi connectivity index (χ1v) is 21.3. The highest BCUT2D eigenvalue weighted by Crippen LogP contribution is 2.23. The van der Waals surface area contributed by atoms with Crippen LogP contribution in [0.25, 0.3) is 0 Å². The minimum absolute atomic E-state index is 0.00216. The summed E-state index contributed by atoms with van der Waals surface area (Å²) in [6.45, 7) is 11.7. The quantitative estimate of drug-likeness (QED) is 0.0371. The van der Waals surface area contributed by atoms with Gasteiger partial charge in [0.05, 0.1) is 96.6 Å². The average Bonchev–Trinajstić information content (AvgIpc) is 3.24. The average molecular weight is 906 g/mol. The Kier molecular flexibility index (Phi) is 28.5. The van der Waals surface area contributed by atoms with Crippen LogP contribution in [0.4, 0.5) is 27.5 Å². The van der Waals surface area contributed by atoms with Crippen molar-refractivity contribution in [3.05, 3.63) is 48.5 Å². The van der Waals surface area contributed by atoms with E-state index in [1.165, 1.54) is 0 Å². The summed E-state index contributed by atoms with van der Waals surface area (Å²) in [6.07, 6.45) is -0.901. The molecule has 21 heteroatoms. The smallest absolute Gasteiger partial charge is 0.408 e. The summed E-state index contributed by atoms with van der Waals surface area (Å²) in [5, 5.41) is 38.7. The molecule has 0 fully saturated rings. The number of alkyl carbamates (subject to hydrolysis) is 1.